The van der Waals surface area contributed by atoms with Gasteiger partial charge in [-0.25, -0.2) is 22.8 Å². The van der Waals surface area contributed by atoms with Crippen LogP contribution in [0.1, 0.15) is 38.8 Å². The van der Waals surface area contributed by atoms with Crippen molar-refractivity contribution in [2.24, 2.45) is 11.8 Å². The van der Waals surface area contributed by atoms with Crippen LogP contribution in [0.2, 0.25) is 0 Å². The highest BCUT2D eigenvalue weighted by atomic mass is 19.2. The molecule has 1 saturated heterocycles. The summed E-state index contributed by atoms with van der Waals surface area (Å²) in [6.07, 6.45) is -0.444. The van der Waals surface area contributed by atoms with E-state index in [0.29, 0.717) is 56.3 Å². The summed E-state index contributed by atoms with van der Waals surface area (Å²) < 4.78 is 57.7. The van der Waals surface area contributed by atoms with Crippen LogP contribution in [0.4, 0.5) is 23.7 Å². The van der Waals surface area contributed by atoms with Crippen molar-refractivity contribution in [2.45, 2.75) is 51.7 Å². The van der Waals surface area contributed by atoms with Crippen molar-refractivity contribution in [3.8, 4) is 11.5 Å². The first-order valence-corrected chi connectivity index (χ1v) is 15.5. The van der Waals surface area contributed by atoms with Gasteiger partial charge < -0.3 is 29.7 Å². The number of carbonyl (C=O) groups excluding carboxylic acids is 2. The standard InChI is InChI=1S/C35H40F3N3O5/c1-5-44-33(42)31(46-24-12-8-22(9-13-24)35(2,3)4)16-21-6-10-23(11-7-21)45-15-14-39-32-25-19-41(20-26(25)32)34(43)40-30-18-28(37)27(36)17-29(30)38/h6-13,17-18,25-26,31-32,39H,5,14-16,19-20H2,1-4H3,(H,40,43)/t25-,26+,31-,32?/m0/s1. The smallest absolute Gasteiger partial charge is 0.347 e. The minimum atomic E-state index is -1.31. The molecule has 46 heavy (non-hydrogen) atoms. The highest BCUT2D eigenvalue weighted by molar-refractivity contribution is 5.89. The molecule has 3 aromatic carbocycles. The van der Waals surface area contributed by atoms with E-state index in [1.54, 1.807) is 11.8 Å². The first-order valence-electron chi connectivity index (χ1n) is 15.5. The summed E-state index contributed by atoms with van der Waals surface area (Å²) in [7, 11) is 0. The number of likely N-dealkylation sites (tertiary alicyclic amines) is 1. The van der Waals surface area contributed by atoms with Crippen LogP contribution in [0.15, 0.2) is 60.7 Å². The monoisotopic (exact) mass is 639 g/mol. The van der Waals surface area contributed by atoms with Crippen molar-refractivity contribution >= 4 is 17.7 Å². The number of piperidine rings is 1. The molecule has 4 atom stereocenters. The number of benzene rings is 3. The SMILES string of the molecule is CCOC(=O)[C@H](Cc1ccc(OCCNC2[C@H]3CN(C(=O)Nc4cc(F)c(F)cc4F)C[C@@H]23)cc1)Oc1ccc(C(C)(C)C)cc1. The molecule has 2 aliphatic rings. The minimum absolute atomic E-state index is 0.0133. The maximum atomic E-state index is 13.9. The maximum absolute atomic E-state index is 13.9. The number of urea groups is 1. The number of hydrogen-bond acceptors (Lipinski definition) is 6. The summed E-state index contributed by atoms with van der Waals surface area (Å²) >= 11 is 0. The summed E-state index contributed by atoms with van der Waals surface area (Å²) in [5.41, 5.74) is 1.70. The normalized spacial score (nSPS) is 19.3. The predicted octanol–water partition coefficient (Wildman–Crippen LogP) is 6.09. The average Bonchev–Trinajstić information content (AvgIpc) is 3.45. The van der Waals surface area contributed by atoms with Gasteiger partial charge >= 0.3 is 12.0 Å². The van der Waals surface area contributed by atoms with Crippen LogP contribution in [0.25, 0.3) is 0 Å². The minimum Gasteiger partial charge on any atom is -0.492 e. The Morgan fingerprint density at radius 3 is 2.17 bits per heavy atom. The lowest BCUT2D eigenvalue weighted by Gasteiger charge is -2.21. The molecule has 246 valence electrons. The van der Waals surface area contributed by atoms with Crippen molar-refractivity contribution in [1.29, 1.82) is 0 Å². The molecule has 0 spiro atoms. The number of carbonyl (C=O) groups is 2. The molecule has 8 nitrogen and oxygen atoms in total. The number of esters is 1. The zero-order valence-electron chi connectivity index (χ0n) is 26.4. The van der Waals surface area contributed by atoms with Crippen molar-refractivity contribution in [2.75, 3.05) is 38.2 Å². The largest absolute Gasteiger partial charge is 0.492 e. The van der Waals surface area contributed by atoms with E-state index in [4.69, 9.17) is 14.2 Å². The van der Waals surface area contributed by atoms with Gasteiger partial charge in [0, 0.05) is 44.2 Å². The second-order valence-electron chi connectivity index (χ2n) is 12.7. The number of nitrogens with zero attached hydrogens (tertiary/aromatic N) is 1. The third-order valence-corrected chi connectivity index (χ3v) is 8.38. The Hall–Kier alpha value is -4.25. The molecule has 3 aromatic rings. The topological polar surface area (TPSA) is 89.1 Å². The Kier molecular flexibility index (Phi) is 10.1. The molecule has 0 bridgehead atoms. The molecule has 2 N–H and O–H groups in total. The van der Waals surface area contributed by atoms with Crippen molar-refractivity contribution < 1.29 is 37.0 Å². The van der Waals surface area contributed by atoms with Gasteiger partial charge in [-0.15, -0.1) is 0 Å². The second-order valence-corrected chi connectivity index (χ2v) is 12.7. The van der Waals surface area contributed by atoms with Crippen LogP contribution in [0.5, 0.6) is 11.5 Å². The molecule has 1 unspecified atom stereocenters. The van der Waals surface area contributed by atoms with Crippen LogP contribution < -0.4 is 20.1 Å². The van der Waals surface area contributed by atoms with Crippen molar-refractivity contribution in [3.63, 3.8) is 0 Å². The Morgan fingerprint density at radius 2 is 1.54 bits per heavy atom. The van der Waals surface area contributed by atoms with E-state index < -0.39 is 41.2 Å². The first-order chi connectivity index (χ1) is 21.9. The van der Waals surface area contributed by atoms with E-state index in [2.05, 4.69) is 31.4 Å². The van der Waals surface area contributed by atoms with Crippen LogP contribution in [0.3, 0.4) is 0 Å². The number of nitrogens with one attached hydrogen (secondary N) is 2. The van der Waals surface area contributed by atoms with Gasteiger partial charge in [-0.1, -0.05) is 45.0 Å². The third-order valence-electron chi connectivity index (χ3n) is 8.38. The molecular formula is C35H40F3N3O5. The van der Waals surface area contributed by atoms with Gasteiger partial charge in [0.1, 0.15) is 23.9 Å². The summed E-state index contributed by atoms with van der Waals surface area (Å²) in [6.45, 7) is 10.5. The second kappa shape index (κ2) is 14.0. The molecule has 0 radical (unpaired) electrons. The van der Waals surface area contributed by atoms with Crippen molar-refractivity contribution in [3.05, 3.63) is 89.2 Å². The molecule has 1 aliphatic carbocycles. The van der Waals surface area contributed by atoms with Gasteiger partial charge in [-0.2, -0.15) is 0 Å². The van der Waals surface area contributed by atoms with E-state index in [0.717, 1.165) is 5.56 Å². The number of ether oxygens (including phenoxy) is 3. The predicted molar refractivity (Wildman–Crippen MR) is 168 cm³/mol. The Bertz CT molecular complexity index is 1520. The van der Waals surface area contributed by atoms with Crippen molar-refractivity contribution in [1.82, 2.24) is 10.2 Å². The highest BCUT2D eigenvalue weighted by Gasteiger charge is 2.56. The molecule has 1 aliphatic heterocycles. The van der Waals surface area contributed by atoms with Gasteiger partial charge in [0.25, 0.3) is 0 Å². The molecule has 1 saturated carbocycles. The fourth-order valence-corrected chi connectivity index (χ4v) is 5.74. The lowest BCUT2D eigenvalue weighted by atomic mass is 9.87. The quantitative estimate of drug-likeness (QED) is 0.142. The molecule has 11 heteroatoms. The van der Waals surface area contributed by atoms with E-state index >= 15 is 0 Å². The lowest BCUT2D eigenvalue weighted by molar-refractivity contribution is -0.151. The van der Waals surface area contributed by atoms with Gasteiger partial charge in [-0.3, -0.25) is 0 Å². The Balaban J connectivity index is 1.03. The third kappa shape index (κ3) is 8.12. The van der Waals surface area contributed by atoms with Crippen LogP contribution in [-0.2, 0) is 21.4 Å². The van der Waals surface area contributed by atoms with E-state index in [-0.39, 0.29) is 29.9 Å². The number of amides is 2. The number of hydrogen-bond donors (Lipinski definition) is 2. The highest BCUT2D eigenvalue weighted by Crippen LogP contribution is 2.45. The maximum Gasteiger partial charge on any atom is 0.347 e. The van der Waals surface area contributed by atoms with Gasteiger partial charge in [-0.05, 0) is 59.6 Å². The number of fused-ring (bicyclic) bond motifs is 1. The summed E-state index contributed by atoms with van der Waals surface area (Å²) in [5.74, 6) is -2.15. The van der Waals surface area contributed by atoms with Crippen LogP contribution >= 0.6 is 0 Å². The summed E-state index contributed by atoms with van der Waals surface area (Å²) in [5, 5.41) is 5.78. The van der Waals surface area contributed by atoms with Crippen LogP contribution in [0, 0.1) is 29.3 Å². The molecule has 2 fully saturated rings. The molecule has 2 amide bonds. The Morgan fingerprint density at radius 1 is 0.913 bits per heavy atom. The van der Waals surface area contributed by atoms with E-state index in [1.807, 2.05) is 48.5 Å². The lowest BCUT2D eigenvalue weighted by Crippen LogP contribution is -2.39. The molecular weight excluding hydrogens is 599 g/mol. The first kappa shape index (κ1) is 33.1. The van der Waals surface area contributed by atoms with Crippen LogP contribution in [-0.4, -0.2) is 61.9 Å². The zero-order valence-corrected chi connectivity index (χ0v) is 26.4. The fourth-order valence-electron chi connectivity index (χ4n) is 5.74. The van der Waals surface area contributed by atoms with Gasteiger partial charge in [0.2, 0.25) is 0 Å². The number of anilines is 1. The van der Waals surface area contributed by atoms with E-state index in [9.17, 15) is 22.8 Å². The molecule has 5 rings (SSSR count). The average molecular weight is 640 g/mol. The molecule has 0 aromatic heterocycles. The van der Waals surface area contributed by atoms with Gasteiger partial charge in [0.15, 0.2) is 17.7 Å². The number of rotatable bonds is 12. The van der Waals surface area contributed by atoms with Gasteiger partial charge in [0.05, 0.1) is 12.3 Å². The zero-order chi connectivity index (χ0) is 33.0. The fraction of sp³-hybridized carbons (Fsp3) is 0.429. The summed E-state index contributed by atoms with van der Waals surface area (Å²) in [6, 6.07) is 16.0. The van der Waals surface area contributed by atoms with E-state index in [1.165, 1.54) is 5.56 Å². The molecule has 1 heterocycles. The Labute approximate surface area is 267 Å². The number of halogens is 3. The summed E-state index contributed by atoms with van der Waals surface area (Å²) in [4.78, 5) is 26.7.